The number of nitrogens with zero attached hydrogens (tertiary/aromatic N) is 2. The minimum atomic E-state index is -0.208. The Hall–Kier alpha value is -2.08. The van der Waals surface area contributed by atoms with Gasteiger partial charge in [0.15, 0.2) is 5.96 Å². The van der Waals surface area contributed by atoms with Gasteiger partial charge in [-0.05, 0) is 61.9 Å². The van der Waals surface area contributed by atoms with Crippen molar-refractivity contribution in [1.29, 1.82) is 0 Å². The SMILES string of the molecule is CN=C(NCCc1c[nH]c2cc(F)ccc12)NCC1CCN(C2CC2)C1. The van der Waals surface area contributed by atoms with E-state index in [9.17, 15) is 4.39 Å². The molecule has 1 aliphatic heterocycles. The van der Waals surface area contributed by atoms with Gasteiger partial charge < -0.3 is 20.5 Å². The van der Waals surface area contributed by atoms with Crippen LogP contribution in [-0.4, -0.2) is 55.1 Å². The number of fused-ring (bicyclic) bond motifs is 1. The number of hydrogen-bond donors (Lipinski definition) is 3. The smallest absolute Gasteiger partial charge is 0.190 e. The molecule has 1 saturated heterocycles. The number of likely N-dealkylation sites (tertiary alicyclic amines) is 1. The molecule has 1 aliphatic carbocycles. The number of rotatable bonds is 6. The summed E-state index contributed by atoms with van der Waals surface area (Å²) in [5.41, 5.74) is 2.04. The molecule has 4 rings (SSSR count). The highest BCUT2D eigenvalue weighted by Gasteiger charge is 2.34. The Morgan fingerprint density at radius 2 is 2.19 bits per heavy atom. The maximum absolute atomic E-state index is 13.3. The molecule has 6 heteroatoms. The number of hydrogen-bond acceptors (Lipinski definition) is 2. The van der Waals surface area contributed by atoms with E-state index in [1.54, 1.807) is 6.07 Å². The zero-order valence-corrected chi connectivity index (χ0v) is 15.4. The van der Waals surface area contributed by atoms with Crippen LogP contribution >= 0.6 is 0 Å². The fourth-order valence-corrected chi connectivity index (χ4v) is 3.94. The zero-order valence-electron chi connectivity index (χ0n) is 15.4. The summed E-state index contributed by atoms with van der Waals surface area (Å²) in [6.07, 6.45) is 6.90. The van der Waals surface area contributed by atoms with Gasteiger partial charge in [-0.1, -0.05) is 0 Å². The van der Waals surface area contributed by atoms with Crippen molar-refractivity contribution >= 4 is 16.9 Å². The van der Waals surface area contributed by atoms with E-state index >= 15 is 0 Å². The Kier molecular flexibility index (Phi) is 5.11. The minimum Gasteiger partial charge on any atom is -0.361 e. The predicted octanol–water partition coefficient (Wildman–Crippen LogP) is 2.50. The van der Waals surface area contributed by atoms with Gasteiger partial charge >= 0.3 is 0 Å². The molecule has 1 aromatic carbocycles. The quantitative estimate of drug-likeness (QED) is 0.550. The second-order valence-corrected chi connectivity index (χ2v) is 7.51. The molecule has 5 nitrogen and oxygen atoms in total. The Morgan fingerprint density at radius 1 is 1.31 bits per heavy atom. The van der Waals surface area contributed by atoms with Crippen molar-refractivity contribution in [3.05, 3.63) is 35.8 Å². The highest BCUT2D eigenvalue weighted by molar-refractivity contribution is 5.83. The van der Waals surface area contributed by atoms with Gasteiger partial charge in [-0.3, -0.25) is 4.99 Å². The Balaban J connectivity index is 1.22. The van der Waals surface area contributed by atoms with Crippen LogP contribution in [0.2, 0.25) is 0 Å². The second kappa shape index (κ2) is 7.66. The number of H-pyrrole nitrogens is 1. The van der Waals surface area contributed by atoms with E-state index in [1.165, 1.54) is 44.0 Å². The molecule has 2 fully saturated rings. The summed E-state index contributed by atoms with van der Waals surface area (Å²) in [6, 6.07) is 5.77. The summed E-state index contributed by atoms with van der Waals surface area (Å²) in [7, 11) is 1.81. The van der Waals surface area contributed by atoms with Crippen LogP contribution in [0.3, 0.4) is 0 Å². The van der Waals surface area contributed by atoms with Gasteiger partial charge in [0, 0.05) is 49.8 Å². The Labute approximate surface area is 154 Å². The molecule has 0 amide bonds. The summed E-state index contributed by atoms with van der Waals surface area (Å²) in [5, 5.41) is 7.95. The summed E-state index contributed by atoms with van der Waals surface area (Å²) < 4.78 is 13.3. The maximum Gasteiger partial charge on any atom is 0.190 e. The van der Waals surface area contributed by atoms with Crippen LogP contribution in [0.15, 0.2) is 29.4 Å². The molecule has 140 valence electrons. The first-order valence-corrected chi connectivity index (χ1v) is 9.67. The first-order chi connectivity index (χ1) is 12.7. The van der Waals surface area contributed by atoms with Gasteiger partial charge in [0.05, 0.1) is 0 Å². The number of aromatic nitrogens is 1. The van der Waals surface area contributed by atoms with Crippen molar-refractivity contribution in [3.8, 4) is 0 Å². The summed E-state index contributed by atoms with van der Waals surface area (Å²) in [4.78, 5) is 10.1. The van der Waals surface area contributed by atoms with E-state index in [2.05, 4.69) is 25.5 Å². The third-order valence-electron chi connectivity index (χ3n) is 5.58. The molecule has 2 heterocycles. The number of nitrogens with one attached hydrogen (secondary N) is 3. The topological polar surface area (TPSA) is 55.5 Å². The molecule has 26 heavy (non-hydrogen) atoms. The normalized spacial score (nSPS) is 21.5. The molecule has 1 atom stereocenters. The predicted molar refractivity (Wildman–Crippen MR) is 104 cm³/mol. The van der Waals surface area contributed by atoms with Crippen LogP contribution in [-0.2, 0) is 6.42 Å². The number of aliphatic imine (C=N–C) groups is 1. The van der Waals surface area contributed by atoms with E-state index in [4.69, 9.17) is 0 Å². The highest BCUT2D eigenvalue weighted by Crippen LogP contribution is 2.31. The van der Waals surface area contributed by atoms with Crippen molar-refractivity contribution in [2.24, 2.45) is 10.9 Å². The molecule has 1 unspecified atom stereocenters. The summed E-state index contributed by atoms with van der Waals surface area (Å²) >= 11 is 0. The molecule has 1 saturated carbocycles. The number of guanidine groups is 1. The Morgan fingerprint density at radius 3 is 3.00 bits per heavy atom. The van der Waals surface area contributed by atoms with Crippen molar-refractivity contribution in [2.75, 3.05) is 33.2 Å². The van der Waals surface area contributed by atoms with Crippen molar-refractivity contribution in [2.45, 2.75) is 31.7 Å². The van der Waals surface area contributed by atoms with E-state index < -0.39 is 0 Å². The molecule has 1 aromatic heterocycles. The van der Waals surface area contributed by atoms with E-state index in [0.717, 1.165) is 48.3 Å². The largest absolute Gasteiger partial charge is 0.361 e. The van der Waals surface area contributed by atoms with Gasteiger partial charge in [0.25, 0.3) is 0 Å². The maximum atomic E-state index is 13.3. The molecular formula is C20H28FN5. The average molecular weight is 357 g/mol. The Bertz CT molecular complexity index is 780. The van der Waals surface area contributed by atoms with E-state index in [0.29, 0.717) is 0 Å². The van der Waals surface area contributed by atoms with E-state index in [-0.39, 0.29) is 5.82 Å². The van der Waals surface area contributed by atoms with Crippen LogP contribution in [0.4, 0.5) is 4.39 Å². The number of benzene rings is 1. The molecule has 0 spiro atoms. The average Bonchev–Trinajstić information content (AvgIpc) is 3.26. The van der Waals surface area contributed by atoms with Crippen LogP contribution in [0, 0.1) is 11.7 Å². The zero-order chi connectivity index (χ0) is 17.9. The number of halogens is 1. The van der Waals surface area contributed by atoms with Crippen LogP contribution in [0.5, 0.6) is 0 Å². The summed E-state index contributed by atoms with van der Waals surface area (Å²) in [5.74, 6) is 1.37. The van der Waals surface area contributed by atoms with Crippen molar-refractivity contribution < 1.29 is 4.39 Å². The standard InChI is InChI=1S/C20H28FN5/c1-22-20(25-11-14-7-9-26(13-14)17-3-4-17)23-8-6-15-12-24-19-10-16(21)2-5-18(15)19/h2,5,10,12,14,17,24H,3-4,6-9,11,13H2,1H3,(H2,22,23,25). The van der Waals surface area contributed by atoms with E-state index in [1.807, 2.05) is 19.3 Å². The molecule has 0 bridgehead atoms. The van der Waals surface area contributed by atoms with Crippen molar-refractivity contribution in [3.63, 3.8) is 0 Å². The molecule has 2 aliphatic rings. The lowest BCUT2D eigenvalue weighted by Gasteiger charge is -2.17. The second-order valence-electron chi connectivity index (χ2n) is 7.51. The lowest BCUT2D eigenvalue weighted by Crippen LogP contribution is -2.41. The van der Waals surface area contributed by atoms with Gasteiger partial charge in [0.1, 0.15) is 5.82 Å². The monoisotopic (exact) mass is 357 g/mol. The first-order valence-electron chi connectivity index (χ1n) is 9.67. The van der Waals surface area contributed by atoms with Crippen LogP contribution in [0.25, 0.3) is 10.9 Å². The van der Waals surface area contributed by atoms with Gasteiger partial charge in [-0.15, -0.1) is 0 Å². The lowest BCUT2D eigenvalue weighted by molar-refractivity contribution is 0.314. The van der Waals surface area contributed by atoms with Crippen LogP contribution in [0.1, 0.15) is 24.8 Å². The van der Waals surface area contributed by atoms with Crippen LogP contribution < -0.4 is 10.6 Å². The third-order valence-corrected chi connectivity index (χ3v) is 5.58. The highest BCUT2D eigenvalue weighted by atomic mass is 19.1. The fraction of sp³-hybridized carbons (Fsp3) is 0.550. The van der Waals surface area contributed by atoms with Crippen molar-refractivity contribution in [1.82, 2.24) is 20.5 Å². The fourth-order valence-electron chi connectivity index (χ4n) is 3.94. The van der Waals surface area contributed by atoms with Gasteiger partial charge in [-0.2, -0.15) is 0 Å². The first kappa shape index (κ1) is 17.3. The van der Waals surface area contributed by atoms with Gasteiger partial charge in [0.2, 0.25) is 0 Å². The molecular weight excluding hydrogens is 329 g/mol. The minimum absolute atomic E-state index is 0.208. The third kappa shape index (κ3) is 4.01. The number of aromatic amines is 1. The summed E-state index contributed by atoms with van der Waals surface area (Å²) in [6.45, 7) is 4.25. The van der Waals surface area contributed by atoms with Gasteiger partial charge in [-0.25, -0.2) is 4.39 Å². The lowest BCUT2D eigenvalue weighted by atomic mass is 10.1. The molecule has 0 radical (unpaired) electrons. The molecule has 3 N–H and O–H groups in total. The molecule has 2 aromatic rings.